The molecule has 0 fully saturated rings. The molecule has 140 valence electrons. The minimum atomic E-state index is 0.0456. The number of carbonyl (C=O) groups is 1. The van der Waals surface area contributed by atoms with Gasteiger partial charge in [0.05, 0.1) is 12.3 Å². The fourth-order valence-electron chi connectivity index (χ4n) is 2.62. The predicted octanol–water partition coefficient (Wildman–Crippen LogP) is 4.27. The quantitative estimate of drug-likeness (QED) is 0.787. The van der Waals surface area contributed by atoms with Crippen molar-refractivity contribution in [3.8, 4) is 0 Å². The van der Waals surface area contributed by atoms with Gasteiger partial charge in [0.1, 0.15) is 0 Å². The summed E-state index contributed by atoms with van der Waals surface area (Å²) in [6.45, 7) is 4.71. The zero-order valence-corrected chi connectivity index (χ0v) is 16.4. The van der Waals surface area contributed by atoms with Crippen LogP contribution in [0.2, 0.25) is 0 Å². The molecular weight excluding hydrogens is 356 g/mol. The number of thioether (sulfide) groups is 1. The zero-order valence-electron chi connectivity index (χ0n) is 15.6. The Labute approximate surface area is 164 Å². The van der Waals surface area contributed by atoms with E-state index in [1.165, 1.54) is 5.56 Å². The second-order valence-electron chi connectivity index (χ2n) is 6.79. The van der Waals surface area contributed by atoms with Crippen LogP contribution in [-0.2, 0) is 11.3 Å². The number of hydrazone groups is 1. The molecular formula is C21H24N4OS. The highest BCUT2D eigenvalue weighted by Crippen LogP contribution is 2.17. The second kappa shape index (κ2) is 9.37. The highest BCUT2D eigenvalue weighted by Gasteiger charge is 2.13. The molecule has 1 heterocycles. The summed E-state index contributed by atoms with van der Waals surface area (Å²) in [6, 6.07) is 18.0. The summed E-state index contributed by atoms with van der Waals surface area (Å²) in [5.41, 5.74) is 7.04. The lowest BCUT2D eigenvalue weighted by Crippen LogP contribution is -2.25. The van der Waals surface area contributed by atoms with Gasteiger partial charge in [0.2, 0.25) is 5.91 Å². The Morgan fingerprint density at radius 1 is 1.19 bits per heavy atom. The molecule has 1 aliphatic heterocycles. The van der Waals surface area contributed by atoms with Gasteiger partial charge in [-0.1, -0.05) is 68.1 Å². The van der Waals surface area contributed by atoms with Crippen LogP contribution in [-0.4, -0.2) is 22.5 Å². The van der Waals surface area contributed by atoms with Crippen molar-refractivity contribution in [1.29, 1.82) is 0 Å². The van der Waals surface area contributed by atoms with Crippen molar-refractivity contribution in [2.24, 2.45) is 16.0 Å². The Hall–Kier alpha value is -2.60. The van der Waals surface area contributed by atoms with E-state index in [0.717, 1.165) is 27.9 Å². The van der Waals surface area contributed by atoms with Crippen molar-refractivity contribution in [2.45, 2.75) is 26.8 Å². The molecule has 0 spiro atoms. The van der Waals surface area contributed by atoms with Gasteiger partial charge in [-0.15, -0.1) is 0 Å². The fourth-order valence-corrected chi connectivity index (χ4v) is 3.39. The van der Waals surface area contributed by atoms with Crippen LogP contribution in [0.5, 0.6) is 0 Å². The molecule has 0 atom stereocenters. The Morgan fingerprint density at radius 2 is 1.93 bits per heavy atom. The van der Waals surface area contributed by atoms with E-state index in [9.17, 15) is 4.79 Å². The largest absolute Gasteiger partial charge is 0.326 e. The van der Waals surface area contributed by atoms with Crippen LogP contribution in [0.15, 0.2) is 64.7 Å². The summed E-state index contributed by atoms with van der Waals surface area (Å²) in [7, 11) is 0. The van der Waals surface area contributed by atoms with Crippen LogP contribution >= 0.6 is 11.8 Å². The Kier molecular flexibility index (Phi) is 6.65. The number of nitrogens with one attached hydrogen (secondary N) is 2. The number of amidine groups is 1. The maximum atomic E-state index is 11.8. The SMILES string of the molecule is CC(C)CC(=O)Nc1ccc(C2=NNC(=NCc3ccccc3)SC2)cc1. The van der Waals surface area contributed by atoms with Crippen LogP contribution in [0, 0.1) is 5.92 Å². The van der Waals surface area contributed by atoms with E-state index >= 15 is 0 Å². The Balaban J connectivity index is 1.56. The number of rotatable bonds is 6. The van der Waals surface area contributed by atoms with Crippen LogP contribution in [0.4, 0.5) is 5.69 Å². The second-order valence-corrected chi connectivity index (χ2v) is 7.75. The van der Waals surface area contributed by atoms with Gasteiger partial charge in [0, 0.05) is 17.9 Å². The average molecular weight is 381 g/mol. The van der Waals surface area contributed by atoms with E-state index in [0.29, 0.717) is 18.9 Å². The lowest BCUT2D eigenvalue weighted by Gasteiger charge is -2.15. The molecule has 0 aliphatic carbocycles. The molecule has 3 rings (SSSR count). The number of hydrogen-bond acceptors (Lipinski definition) is 4. The van der Waals surface area contributed by atoms with Crippen LogP contribution in [0.25, 0.3) is 0 Å². The predicted molar refractivity (Wildman–Crippen MR) is 114 cm³/mol. The minimum Gasteiger partial charge on any atom is -0.326 e. The first kappa shape index (κ1) is 19.2. The van der Waals surface area contributed by atoms with Crippen LogP contribution in [0.3, 0.4) is 0 Å². The van der Waals surface area contributed by atoms with Crippen molar-refractivity contribution < 1.29 is 4.79 Å². The summed E-state index contributed by atoms with van der Waals surface area (Å²) in [4.78, 5) is 16.4. The first-order valence-corrected chi connectivity index (χ1v) is 10.0. The van der Waals surface area contributed by atoms with Gasteiger partial charge >= 0.3 is 0 Å². The number of carbonyl (C=O) groups excluding carboxylic acids is 1. The van der Waals surface area contributed by atoms with Crippen LogP contribution in [0.1, 0.15) is 31.4 Å². The van der Waals surface area contributed by atoms with Gasteiger partial charge < -0.3 is 5.32 Å². The van der Waals surface area contributed by atoms with E-state index in [1.54, 1.807) is 11.8 Å². The fraction of sp³-hybridized carbons (Fsp3) is 0.286. The molecule has 0 saturated carbocycles. The zero-order chi connectivity index (χ0) is 19.1. The van der Waals surface area contributed by atoms with Crippen LogP contribution < -0.4 is 10.7 Å². The van der Waals surface area contributed by atoms with Crippen molar-refractivity contribution in [1.82, 2.24) is 5.43 Å². The summed E-state index contributed by atoms with van der Waals surface area (Å²) in [5.74, 6) is 1.16. The van der Waals surface area contributed by atoms with E-state index in [-0.39, 0.29) is 5.91 Å². The molecule has 1 aliphatic rings. The first-order chi connectivity index (χ1) is 13.1. The molecule has 0 aromatic heterocycles. The van der Waals surface area contributed by atoms with Gasteiger partial charge in [-0.25, -0.2) is 0 Å². The van der Waals surface area contributed by atoms with Gasteiger partial charge in [0.15, 0.2) is 5.17 Å². The lowest BCUT2D eigenvalue weighted by atomic mass is 10.1. The smallest absolute Gasteiger partial charge is 0.224 e. The third kappa shape index (κ3) is 5.96. The molecule has 0 saturated heterocycles. The number of nitrogens with zero attached hydrogens (tertiary/aromatic N) is 2. The third-order valence-corrected chi connectivity index (χ3v) is 4.89. The molecule has 27 heavy (non-hydrogen) atoms. The summed E-state index contributed by atoms with van der Waals surface area (Å²) < 4.78 is 0. The standard InChI is InChI=1S/C21H24N4OS/c1-15(2)12-20(26)23-18-10-8-17(9-11-18)19-14-27-21(25-24-19)22-13-16-6-4-3-5-7-16/h3-11,15H,12-14H2,1-2H3,(H,22,25)(H,23,26). The van der Waals surface area contributed by atoms with Crippen molar-refractivity contribution in [3.63, 3.8) is 0 Å². The van der Waals surface area contributed by atoms with Gasteiger partial charge in [-0.3, -0.25) is 15.2 Å². The van der Waals surface area contributed by atoms with E-state index in [1.807, 2.05) is 56.3 Å². The number of aliphatic imine (C=N–C) groups is 1. The van der Waals surface area contributed by atoms with Crippen molar-refractivity contribution in [2.75, 3.05) is 11.1 Å². The highest BCUT2D eigenvalue weighted by molar-refractivity contribution is 8.14. The molecule has 2 aromatic carbocycles. The van der Waals surface area contributed by atoms with E-state index in [2.05, 4.69) is 33.0 Å². The van der Waals surface area contributed by atoms with E-state index in [4.69, 9.17) is 0 Å². The summed E-state index contributed by atoms with van der Waals surface area (Å²) >= 11 is 1.65. The number of hydrogen-bond donors (Lipinski definition) is 2. The number of benzene rings is 2. The maximum Gasteiger partial charge on any atom is 0.224 e. The minimum absolute atomic E-state index is 0.0456. The molecule has 6 heteroatoms. The first-order valence-electron chi connectivity index (χ1n) is 9.04. The Bertz CT molecular complexity index is 829. The van der Waals surface area contributed by atoms with E-state index < -0.39 is 0 Å². The van der Waals surface area contributed by atoms with Crippen molar-refractivity contribution >= 4 is 34.2 Å². The topological polar surface area (TPSA) is 65.8 Å². The molecule has 0 unspecified atom stereocenters. The monoisotopic (exact) mass is 380 g/mol. The summed E-state index contributed by atoms with van der Waals surface area (Å²) in [6.07, 6.45) is 0.528. The molecule has 2 N–H and O–H groups in total. The highest BCUT2D eigenvalue weighted by atomic mass is 32.2. The van der Waals surface area contributed by atoms with Gasteiger partial charge in [-0.05, 0) is 29.2 Å². The normalized spacial score (nSPS) is 15.4. The van der Waals surface area contributed by atoms with Crippen molar-refractivity contribution in [3.05, 3.63) is 65.7 Å². The number of amides is 1. The Morgan fingerprint density at radius 3 is 2.56 bits per heavy atom. The molecule has 0 radical (unpaired) electrons. The molecule has 0 bridgehead atoms. The molecule has 1 amide bonds. The third-order valence-electron chi connectivity index (χ3n) is 3.98. The number of anilines is 1. The molecule has 2 aromatic rings. The lowest BCUT2D eigenvalue weighted by molar-refractivity contribution is -0.116. The van der Waals surface area contributed by atoms with Gasteiger partial charge in [0.25, 0.3) is 0 Å². The maximum absolute atomic E-state index is 11.8. The van der Waals surface area contributed by atoms with Gasteiger partial charge in [-0.2, -0.15) is 5.10 Å². The summed E-state index contributed by atoms with van der Waals surface area (Å²) in [5, 5.41) is 8.21. The molecule has 5 nitrogen and oxygen atoms in total. The average Bonchev–Trinajstić information content (AvgIpc) is 2.68.